The summed E-state index contributed by atoms with van der Waals surface area (Å²) < 4.78 is 4.76. The zero-order chi connectivity index (χ0) is 13.1. The van der Waals surface area contributed by atoms with E-state index in [0.29, 0.717) is 12.0 Å². The third kappa shape index (κ3) is 2.73. The molecule has 17 heavy (non-hydrogen) atoms. The molecular formula is C14H18O3. The molecule has 3 heteroatoms. The number of ketones is 1. The largest absolute Gasteiger partial charge is 0.468 e. The summed E-state index contributed by atoms with van der Waals surface area (Å²) in [6.07, 6.45) is 0.486. The quantitative estimate of drug-likeness (QED) is 0.594. The van der Waals surface area contributed by atoms with Crippen molar-refractivity contribution in [1.29, 1.82) is 0 Å². The molecule has 0 N–H and O–H groups in total. The van der Waals surface area contributed by atoms with Crippen molar-refractivity contribution >= 4 is 11.8 Å². The van der Waals surface area contributed by atoms with E-state index < -0.39 is 5.41 Å². The minimum atomic E-state index is -0.692. The molecule has 1 aromatic carbocycles. The first-order valence-electron chi connectivity index (χ1n) is 5.65. The van der Waals surface area contributed by atoms with Crippen LogP contribution in [-0.4, -0.2) is 18.9 Å². The Labute approximate surface area is 102 Å². The average Bonchev–Trinajstić information content (AvgIpc) is 2.36. The highest BCUT2D eigenvalue weighted by Gasteiger charge is 2.30. The molecule has 0 aliphatic carbocycles. The topological polar surface area (TPSA) is 43.4 Å². The third-order valence-corrected chi connectivity index (χ3v) is 2.95. The van der Waals surface area contributed by atoms with Gasteiger partial charge in [0.05, 0.1) is 12.5 Å². The first-order chi connectivity index (χ1) is 7.93. The van der Waals surface area contributed by atoms with Gasteiger partial charge in [0.25, 0.3) is 0 Å². The summed E-state index contributed by atoms with van der Waals surface area (Å²) in [5.41, 5.74) is 0.830. The lowest BCUT2D eigenvalue weighted by molar-refractivity contribution is -0.146. The summed E-state index contributed by atoms with van der Waals surface area (Å²) in [4.78, 5) is 23.1. The Bertz CT molecular complexity index is 416. The van der Waals surface area contributed by atoms with Crippen LogP contribution in [0.1, 0.15) is 43.1 Å². The molecule has 0 fully saturated rings. The predicted octanol–water partition coefficient (Wildman–Crippen LogP) is 2.73. The molecule has 0 saturated carbocycles. The molecule has 3 nitrogen and oxygen atoms in total. The second-order valence-corrected chi connectivity index (χ2v) is 4.47. The highest BCUT2D eigenvalue weighted by atomic mass is 16.5. The number of rotatable bonds is 4. The predicted molar refractivity (Wildman–Crippen MR) is 66.1 cm³/mol. The van der Waals surface area contributed by atoms with Gasteiger partial charge in [-0.05, 0) is 19.4 Å². The lowest BCUT2D eigenvalue weighted by Crippen LogP contribution is -2.30. The molecule has 0 bridgehead atoms. The van der Waals surface area contributed by atoms with E-state index in [2.05, 4.69) is 0 Å². The first-order valence-corrected chi connectivity index (χ1v) is 5.65. The highest BCUT2D eigenvalue weighted by Crippen LogP contribution is 2.25. The van der Waals surface area contributed by atoms with E-state index in [1.165, 1.54) is 7.11 Å². The van der Waals surface area contributed by atoms with Gasteiger partial charge in [0.15, 0.2) is 5.78 Å². The van der Waals surface area contributed by atoms with Gasteiger partial charge in [0.1, 0.15) is 0 Å². The van der Waals surface area contributed by atoms with Crippen molar-refractivity contribution < 1.29 is 14.3 Å². The van der Waals surface area contributed by atoms with Gasteiger partial charge >= 0.3 is 5.97 Å². The van der Waals surface area contributed by atoms with Crippen molar-refractivity contribution in [3.63, 3.8) is 0 Å². The van der Waals surface area contributed by atoms with E-state index in [1.54, 1.807) is 38.1 Å². The second kappa shape index (κ2) is 5.13. The van der Waals surface area contributed by atoms with Crippen molar-refractivity contribution in [3.05, 3.63) is 35.4 Å². The fourth-order valence-corrected chi connectivity index (χ4v) is 1.65. The molecule has 0 saturated heterocycles. The lowest BCUT2D eigenvalue weighted by atomic mass is 9.84. The summed E-state index contributed by atoms with van der Waals surface area (Å²) in [5, 5.41) is 0. The molecule has 1 aromatic rings. The molecule has 0 spiro atoms. The average molecular weight is 234 g/mol. The molecule has 92 valence electrons. The molecule has 0 aliphatic heterocycles. The van der Waals surface area contributed by atoms with E-state index in [-0.39, 0.29) is 11.8 Å². The van der Waals surface area contributed by atoms with Crippen LogP contribution in [0.5, 0.6) is 0 Å². The minimum Gasteiger partial charge on any atom is -0.468 e. The summed E-state index contributed by atoms with van der Waals surface area (Å²) in [6.45, 7) is 5.43. The Balaban J connectivity index is 3.02. The number of carbonyl (C=O) groups is 2. The van der Waals surface area contributed by atoms with Crippen molar-refractivity contribution in [2.24, 2.45) is 0 Å². The molecule has 0 heterocycles. The van der Waals surface area contributed by atoms with Crippen LogP contribution in [0.15, 0.2) is 24.3 Å². The highest BCUT2D eigenvalue weighted by molar-refractivity contribution is 5.96. The van der Waals surface area contributed by atoms with Crippen molar-refractivity contribution in [3.8, 4) is 0 Å². The SMILES string of the molecule is CCC(=O)c1ccc(C(C)(C)C(=O)OC)cc1. The fourth-order valence-electron chi connectivity index (χ4n) is 1.65. The molecule has 0 unspecified atom stereocenters. The van der Waals surface area contributed by atoms with E-state index in [4.69, 9.17) is 4.74 Å². The van der Waals surface area contributed by atoms with E-state index in [0.717, 1.165) is 5.56 Å². The van der Waals surface area contributed by atoms with Crippen molar-refractivity contribution in [2.45, 2.75) is 32.6 Å². The van der Waals surface area contributed by atoms with Crippen molar-refractivity contribution in [1.82, 2.24) is 0 Å². The van der Waals surface area contributed by atoms with Crippen LogP contribution >= 0.6 is 0 Å². The lowest BCUT2D eigenvalue weighted by Gasteiger charge is -2.22. The van der Waals surface area contributed by atoms with Gasteiger partial charge in [-0.2, -0.15) is 0 Å². The number of hydrogen-bond acceptors (Lipinski definition) is 3. The van der Waals surface area contributed by atoms with E-state index in [1.807, 2.05) is 6.92 Å². The maximum atomic E-state index is 11.6. The number of Topliss-reactive ketones (excluding diaryl/α,β-unsaturated/α-hetero) is 1. The van der Waals surface area contributed by atoms with Crippen LogP contribution in [0.25, 0.3) is 0 Å². The number of ether oxygens (including phenoxy) is 1. The maximum Gasteiger partial charge on any atom is 0.315 e. The number of carbonyl (C=O) groups excluding carboxylic acids is 2. The van der Waals surface area contributed by atoms with Crippen LogP contribution in [-0.2, 0) is 14.9 Å². The smallest absolute Gasteiger partial charge is 0.315 e. The van der Waals surface area contributed by atoms with Gasteiger partial charge in [-0.25, -0.2) is 0 Å². The molecular weight excluding hydrogens is 216 g/mol. The van der Waals surface area contributed by atoms with Gasteiger partial charge in [-0.15, -0.1) is 0 Å². The Morgan fingerprint density at radius 1 is 1.18 bits per heavy atom. The Kier molecular flexibility index (Phi) is 4.05. The fraction of sp³-hybridized carbons (Fsp3) is 0.429. The third-order valence-electron chi connectivity index (χ3n) is 2.95. The Morgan fingerprint density at radius 3 is 2.12 bits per heavy atom. The number of esters is 1. The second-order valence-electron chi connectivity index (χ2n) is 4.47. The molecule has 0 atom stereocenters. The van der Waals surface area contributed by atoms with Crippen LogP contribution in [0.4, 0.5) is 0 Å². The summed E-state index contributed by atoms with van der Waals surface area (Å²) in [5.74, 6) is -0.181. The van der Waals surface area contributed by atoms with Crippen LogP contribution in [0, 0.1) is 0 Å². The minimum absolute atomic E-state index is 0.104. The normalized spacial score (nSPS) is 11.1. The van der Waals surface area contributed by atoms with Crippen LogP contribution in [0.2, 0.25) is 0 Å². The van der Waals surface area contributed by atoms with E-state index in [9.17, 15) is 9.59 Å². The zero-order valence-electron chi connectivity index (χ0n) is 10.7. The zero-order valence-corrected chi connectivity index (χ0v) is 10.7. The summed E-state index contributed by atoms with van der Waals surface area (Å²) in [6, 6.07) is 7.12. The van der Waals surface area contributed by atoms with E-state index >= 15 is 0 Å². The number of hydrogen-bond donors (Lipinski definition) is 0. The number of benzene rings is 1. The van der Waals surface area contributed by atoms with Crippen LogP contribution in [0.3, 0.4) is 0 Å². The standard InChI is InChI=1S/C14H18O3/c1-5-12(15)10-6-8-11(9-7-10)14(2,3)13(16)17-4/h6-9H,5H2,1-4H3. The van der Waals surface area contributed by atoms with Crippen molar-refractivity contribution in [2.75, 3.05) is 7.11 Å². The van der Waals surface area contributed by atoms with Gasteiger partial charge < -0.3 is 4.74 Å². The molecule has 0 aromatic heterocycles. The number of methoxy groups -OCH3 is 1. The molecule has 1 rings (SSSR count). The van der Waals surface area contributed by atoms with Gasteiger partial charge in [-0.3, -0.25) is 9.59 Å². The van der Waals surface area contributed by atoms with Gasteiger partial charge in [-0.1, -0.05) is 31.2 Å². The molecule has 0 aliphatic rings. The monoisotopic (exact) mass is 234 g/mol. The molecule has 0 radical (unpaired) electrons. The maximum absolute atomic E-state index is 11.6. The van der Waals surface area contributed by atoms with Crippen LogP contribution < -0.4 is 0 Å². The molecule has 0 amide bonds. The van der Waals surface area contributed by atoms with Gasteiger partial charge in [0, 0.05) is 12.0 Å². The summed E-state index contributed by atoms with van der Waals surface area (Å²) >= 11 is 0. The van der Waals surface area contributed by atoms with Gasteiger partial charge in [0.2, 0.25) is 0 Å². The summed E-state index contributed by atoms with van der Waals surface area (Å²) in [7, 11) is 1.37. The Hall–Kier alpha value is -1.64. The first kappa shape index (κ1) is 13.4. The Morgan fingerprint density at radius 2 is 1.71 bits per heavy atom.